The summed E-state index contributed by atoms with van der Waals surface area (Å²) in [6.45, 7) is 4.30. The maximum absolute atomic E-state index is 13.6. The Morgan fingerprint density at radius 3 is 2.36 bits per heavy atom. The third-order valence-corrected chi connectivity index (χ3v) is 9.40. The molecule has 3 aromatic rings. The van der Waals surface area contributed by atoms with Gasteiger partial charge in [-0.1, -0.05) is 0 Å². The molecule has 1 aliphatic heterocycles. The van der Waals surface area contributed by atoms with Gasteiger partial charge in [0, 0.05) is 37.6 Å². The number of aromatic nitrogens is 4. The van der Waals surface area contributed by atoms with E-state index in [1.165, 1.54) is 12.1 Å². The van der Waals surface area contributed by atoms with Crippen molar-refractivity contribution in [3.63, 3.8) is 0 Å². The maximum atomic E-state index is 13.6. The zero-order valence-corrected chi connectivity index (χ0v) is 21.3. The number of piperidine rings is 1. The van der Waals surface area contributed by atoms with Crippen LogP contribution >= 0.6 is 0 Å². The quantitative estimate of drug-likeness (QED) is 0.517. The number of anilines is 1. The number of nitrogens with one attached hydrogen (secondary N) is 1. The molecule has 9 nitrogen and oxygen atoms in total. The standard InChI is InChI=1S/C25H31FN6O3S/c1-17(2)36(34,35)30-14-11-19(12-15-30)28-24-27-13-10-22(29-24)23-16-31(20-4-3-5-20)25(33)32(23)21-8-6-18(26)7-9-21/h6-10,13,16-17,19-20H,3-5,11-12,14-15H2,1-2H3,(H,27,28,29). The van der Waals surface area contributed by atoms with E-state index >= 15 is 0 Å². The number of imidazole rings is 1. The van der Waals surface area contributed by atoms with Gasteiger partial charge in [-0.15, -0.1) is 0 Å². The highest BCUT2D eigenvalue weighted by Crippen LogP contribution is 2.32. The van der Waals surface area contributed by atoms with Gasteiger partial charge in [-0.05, 0) is 76.3 Å². The van der Waals surface area contributed by atoms with Crippen molar-refractivity contribution in [1.82, 2.24) is 23.4 Å². The van der Waals surface area contributed by atoms with Crippen molar-refractivity contribution in [3.8, 4) is 17.1 Å². The molecule has 2 fully saturated rings. The number of hydrogen-bond acceptors (Lipinski definition) is 6. The van der Waals surface area contributed by atoms with Crippen LogP contribution in [0.3, 0.4) is 0 Å². The number of nitrogens with zero attached hydrogens (tertiary/aromatic N) is 5. The average molecular weight is 515 g/mol. The van der Waals surface area contributed by atoms with Gasteiger partial charge in [0.25, 0.3) is 0 Å². The predicted octanol–water partition coefficient (Wildman–Crippen LogP) is 3.57. The highest BCUT2D eigenvalue weighted by molar-refractivity contribution is 7.89. The van der Waals surface area contributed by atoms with E-state index in [1.807, 2.05) is 6.20 Å². The molecule has 192 valence electrons. The number of benzene rings is 1. The Labute approximate surface area is 210 Å². The highest BCUT2D eigenvalue weighted by atomic mass is 32.2. The molecule has 1 N–H and O–H groups in total. The van der Waals surface area contributed by atoms with Crippen LogP contribution in [0.4, 0.5) is 10.3 Å². The number of halogens is 1. The SMILES string of the molecule is CC(C)S(=O)(=O)N1CCC(Nc2nccc(-c3cn(C4CCC4)c(=O)n3-c3ccc(F)cc3)n2)CC1. The summed E-state index contributed by atoms with van der Waals surface area (Å²) in [7, 11) is -3.26. The Bertz CT molecular complexity index is 1390. The molecule has 1 saturated heterocycles. The third-order valence-electron chi connectivity index (χ3n) is 7.13. The van der Waals surface area contributed by atoms with Crippen LogP contribution < -0.4 is 11.0 Å². The smallest absolute Gasteiger partial charge is 0.333 e. The monoisotopic (exact) mass is 514 g/mol. The van der Waals surface area contributed by atoms with Crippen LogP contribution in [0.2, 0.25) is 0 Å². The van der Waals surface area contributed by atoms with Crippen molar-refractivity contribution in [1.29, 1.82) is 0 Å². The van der Waals surface area contributed by atoms with Crippen molar-refractivity contribution in [2.45, 2.75) is 63.3 Å². The van der Waals surface area contributed by atoms with Gasteiger partial charge in [-0.3, -0.25) is 9.13 Å². The minimum absolute atomic E-state index is 0.0396. The molecule has 2 aliphatic rings. The molecule has 3 heterocycles. The second-order valence-corrected chi connectivity index (χ2v) is 12.3. The number of sulfonamides is 1. The molecule has 0 spiro atoms. The molecule has 1 saturated carbocycles. The van der Waals surface area contributed by atoms with E-state index in [2.05, 4.69) is 10.3 Å². The summed E-state index contributed by atoms with van der Waals surface area (Å²) in [5.74, 6) is 0.0553. The maximum Gasteiger partial charge on any atom is 0.333 e. The van der Waals surface area contributed by atoms with Crippen molar-refractivity contribution in [2.75, 3.05) is 18.4 Å². The molecule has 2 aromatic heterocycles. The van der Waals surface area contributed by atoms with E-state index in [9.17, 15) is 17.6 Å². The van der Waals surface area contributed by atoms with E-state index in [0.717, 1.165) is 19.3 Å². The fraction of sp³-hybridized carbons (Fsp3) is 0.480. The minimum atomic E-state index is -3.26. The van der Waals surface area contributed by atoms with E-state index in [0.29, 0.717) is 49.0 Å². The molecule has 0 bridgehead atoms. The molecule has 5 rings (SSSR count). The van der Waals surface area contributed by atoms with Crippen LogP contribution in [0.25, 0.3) is 17.1 Å². The lowest BCUT2D eigenvalue weighted by molar-refractivity contribution is 0.306. The van der Waals surface area contributed by atoms with Crippen LogP contribution in [0.15, 0.2) is 47.5 Å². The Morgan fingerprint density at radius 2 is 1.75 bits per heavy atom. The fourth-order valence-corrected chi connectivity index (χ4v) is 6.03. The Balaban J connectivity index is 1.40. The van der Waals surface area contributed by atoms with Gasteiger partial charge < -0.3 is 5.32 Å². The van der Waals surface area contributed by atoms with E-state index in [4.69, 9.17) is 4.98 Å². The van der Waals surface area contributed by atoms with Crippen molar-refractivity contribution < 1.29 is 12.8 Å². The summed E-state index contributed by atoms with van der Waals surface area (Å²) in [5, 5.41) is 2.90. The van der Waals surface area contributed by atoms with Crippen LogP contribution in [0, 0.1) is 5.82 Å². The van der Waals surface area contributed by atoms with Crippen molar-refractivity contribution >= 4 is 16.0 Å². The fourth-order valence-electron chi connectivity index (χ4n) is 4.72. The third kappa shape index (κ3) is 4.69. The van der Waals surface area contributed by atoms with Crippen molar-refractivity contribution in [2.24, 2.45) is 0 Å². The molecule has 36 heavy (non-hydrogen) atoms. The van der Waals surface area contributed by atoms with E-state index < -0.39 is 15.3 Å². The molecular weight excluding hydrogens is 483 g/mol. The van der Waals surface area contributed by atoms with Crippen LogP contribution in [0.5, 0.6) is 0 Å². The molecule has 1 aliphatic carbocycles. The summed E-state index contributed by atoms with van der Waals surface area (Å²) >= 11 is 0. The average Bonchev–Trinajstić information content (AvgIpc) is 3.15. The minimum Gasteiger partial charge on any atom is -0.351 e. The van der Waals surface area contributed by atoms with Crippen LogP contribution in [0.1, 0.15) is 52.0 Å². The van der Waals surface area contributed by atoms with E-state index in [1.54, 1.807) is 51.7 Å². The first kappa shape index (κ1) is 24.6. The first-order valence-electron chi connectivity index (χ1n) is 12.4. The van der Waals surface area contributed by atoms with Gasteiger partial charge in [0.2, 0.25) is 16.0 Å². The lowest BCUT2D eigenvalue weighted by Crippen LogP contribution is -2.45. The molecule has 0 unspecified atom stereocenters. The molecular formula is C25H31FN6O3S. The van der Waals surface area contributed by atoms with Crippen LogP contribution in [-0.4, -0.2) is 56.2 Å². The van der Waals surface area contributed by atoms with Gasteiger partial charge in [0.1, 0.15) is 5.82 Å². The first-order chi connectivity index (χ1) is 17.2. The molecule has 11 heteroatoms. The lowest BCUT2D eigenvalue weighted by atomic mass is 9.93. The molecule has 0 amide bonds. The Hall–Kier alpha value is -3.05. The van der Waals surface area contributed by atoms with Gasteiger partial charge >= 0.3 is 5.69 Å². The second kappa shape index (κ2) is 9.78. The largest absolute Gasteiger partial charge is 0.351 e. The number of rotatable bonds is 7. The summed E-state index contributed by atoms with van der Waals surface area (Å²) in [4.78, 5) is 22.4. The second-order valence-electron chi connectivity index (χ2n) is 9.78. The summed E-state index contributed by atoms with van der Waals surface area (Å²) in [5.41, 5.74) is 1.59. The topological polar surface area (TPSA) is 102 Å². The lowest BCUT2D eigenvalue weighted by Gasteiger charge is -2.32. The summed E-state index contributed by atoms with van der Waals surface area (Å²) < 4.78 is 43.3. The van der Waals surface area contributed by atoms with Gasteiger partial charge in [-0.2, -0.15) is 0 Å². The van der Waals surface area contributed by atoms with Gasteiger partial charge in [0.15, 0.2) is 0 Å². The van der Waals surface area contributed by atoms with Crippen LogP contribution in [-0.2, 0) is 10.0 Å². The van der Waals surface area contributed by atoms with E-state index in [-0.39, 0.29) is 23.6 Å². The summed E-state index contributed by atoms with van der Waals surface area (Å²) in [6, 6.07) is 7.80. The normalized spacial score (nSPS) is 17.9. The zero-order chi connectivity index (χ0) is 25.4. The molecule has 0 atom stereocenters. The Kier molecular flexibility index (Phi) is 6.69. The predicted molar refractivity (Wildman–Crippen MR) is 136 cm³/mol. The van der Waals surface area contributed by atoms with Gasteiger partial charge in [0.05, 0.1) is 22.3 Å². The summed E-state index contributed by atoms with van der Waals surface area (Å²) in [6.07, 6.45) is 7.77. The first-order valence-corrected chi connectivity index (χ1v) is 13.9. The van der Waals surface area contributed by atoms with Gasteiger partial charge in [-0.25, -0.2) is 31.9 Å². The van der Waals surface area contributed by atoms with Crippen molar-refractivity contribution in [3.05, 3.63) is 59.0 Å². The Morgan fingerprint density at radius 1 is 1.06 bits per heavy atom. The zero-order valence-electron chi connectivity index (χ0n) is 20.5. The molecule has 1 aromatic carbocycles. The highest BCUT2D eigenvalue weighted by Gasteiger charge is 2.30. The molecule has 0 radical (unpaired) electrons. The number of hydrogen-bond donors (Lipinski definition) is 1.